The predicted octanol–water partition coefficient (Wildman–Crippen LogP) is 16.0. The number of hydrogen-bond donors (Lipinski definition) is 0. The molecule has 1 heterocycles. The largest absolute Gasteiger partial charge is 0.310 e. The van der Waals surface area contributed by atoms with E-state index in [1.54, 1.807) is 0 Å². The maximum atomic E-state index is 2.40. The van der Waals surface area contributed by atoms with Crippen LogP contribution in [-0.2, 0) is 0 Å². The number of anilines is 3. The van der Waals surface area contributed by atoms with E-state index in [4.69, 9.17) is 0 Å². The molecule has 0 saturated carbocycles. The number of para-hydroxylation sites is 1. The highest BCUT2D eigenvalue weighted by molar-refractivity contribution is 7.25. The second-order valence-corrected chi connectivity index (χ2v) is 15.6. The summed E-state index contributed by atoms with van der Waals surface area (Å²) in [6, 6.07) is 77.7. The first-order chi connectivity index (χ1) is 27.7. The van der Waals surface area contributed by atoms with Gasteiger partial charge in [-0.15, -0.1) is 11.3 Å². The van der Waals surface area contributed by atoms with E-state index in [-0.39, 0.29) is 0 Å². The Labute approximate surface area is 330 Å². The van der Waals surface area contributed by atoms with Crippen molar-refractivity contribution in [2.45, 2.75) is 0 Å². The summed E-state index contributed by atoms with van der Waals surface area (Å²) in [7, 11) is 0. The molecule has 0 unspecified atom stereocenters. The molecule has 2 heteroatoms. The van der Waals surface area contributed by atoms with Gasteiger partial charge in [-0.25, -0.2) is 0 Å². The molecule has 1 aromatic heterocycles. The summed E-state index contributed by atoms with van der Waals surface area (Å²) in [5.74, 6) is 0. The van der Waals surface area contributed by atoms with Crippen LogP contribution < -0.4 is 4.90 Å². The van der Waals surface area contributed by atoms with Crippen LogP contribution in [0.5, 0.6) is 0 Å². The Morgan fingerprint density at radius 3 is 1.62 bits per heavy atom. The van der Waals surface area contributed by atoms with E-state index in [1.165, 1.54) is 85.9 Å². The van der Waals surface area contributed by atoms with Gasteiger partial charge in [-0.3, -0.25) is 0 Å². The van der Waals surface area contributed by atoms with Crippen molar-refractivity contribution in [1.82, 2.24) is 0 Å². The standard InChI is InChI=1S/C54H35NS/c1-2-12-45(13-3-1)55(52-31-30-47(48-14-6-7-15-49(48)52)44-27-29-51-50-16-8-9-17-53(50)56-54(51)35-44)46-28-26-42-33-41(24-25-43(42)34-46)38-20-18-37(19-21-38)40-23-22-36-10-4-5-11-39(36)32-40/h1-35H. The van der Waals surface area contributed by atoms with E-state index in [2.05, 4.69) is 217 Å². The molecule has 0 aliphatic carbocycles. The quantitative estimate of drug-likeness (QED) is 0.165. The molecule has 0 N–H and O–H groups in total. The van der Waals surface area contributed by atoms with Crippen molar-refractivity contribution in [3.8, 4) is 33.4 Å². The predicted molar refractivity (Wildman–Crippen MR) is 243 cm³/mol. The molecule has 11 rings (SSSR count). The van der Waals surface area contributed by atoms with Gasteiger partial charge in [-0.1, -0.05) is 158 Å². The fraction of sp³-hybridized carbons (Fsp3) is 0. The highest BCUT2D eigenvalue weighted by Gasteiger charge is 2.18. The van der Waals surface area contributed by atoms with Crippen LogP contribution in [0, 0.1) is 0 Å². The third kappa shape index (κ3) is 5.62. The lowest BCUT2D eigenvalue weighted by Crippen LogP contribution is -2.10. The minimum atomic E-state index is 1.12. The number of thiophene rings is 1. The van der Waals surface area contributed by atoms with E-state index < -0.39 is 0 Å². The number of rotatable bonds is 6. The summed E-state index contributed by atoms with van der Waals surface area (Å²) in [5.41, 5.74) is 10.8. The van der Waals surface area contributed by atoms with Gasteiger partial charge < -0.3 is 4.90 Å². The summed E-state index contributed by atoms with van der Waals surface area (Å²) < 4.78 is 2.65. The molecular formula is C54H35NS. The van der Waals surface area contributed by atoms with Crippen molar-refractivity contribution in [1.29, 1.82) is 0 Å². The van der Waals surface area contributed by atoms with Crippen LogP contribution in [0.25, 0.3) is 85.9 Å². The SMILES string of the molecule is c1ccc(N(c2ccc3cc(-c4ccc(-c5ccc6ccccc6c5)cc4)ccc3c2)c2ccc(-c3ccc4c(c3)sc3ccccc34)c3ccccc23)cc1. The van der Waals surface area contributed by atoms with Gasteiger partial charge in [0.05, 0.1) is 5.69 Å². The van der Waals surface area contributed by atoms with Gasteiger partial charge >= 0.3 is 0 Å². The maximum absolute atomic E-state index is 2.40. The first-order valence-corrected chi connectivity index (χ1v) is 20.0. The summed E-state index contributed by atoms with van der Waals surface area (Å²) in [6.07, 6.45) is 0. The molecule has 1 nitrogen and oxygen atoms in total. The van der Waals surface area contributed by atoms with Crippen LogP contribution in [0.4, 0.5) is 17.1 Å². The lowest BCUT2D eigenvalue weighted by Gasteiger charge is -2.28. The fourth-order valence-corrected chi connectivity index (χ4v) is 9.55. The smallest absolute Gasteiger partial charge is 0.0540 e. The topological polar surface area (TPSA) is 3.24 Å². The molecule has 0 bridgehead atoms. The average Bonchev–Trinajstić information content (AvgIpc) is 3.64. The van der Waals surface area contributed by atoms with E-state index in [0.717, 1.165) is 17.1 Å². The lowest BCUT2D eigenvalue weighted by atomic mass is 9.95. The lowest BCUT2D eigenvalue weighted by molar-refractivity contribution is 1.30. The van der Waals surface area contributed by atoms with Gasteiger partial charge in [0.25, 0.3) is 0 Å². The zero-order valence-electron chi connectivity index (χ0n) is 30.6. The normalized spacial score (nSPS) is 11.6. The summed E-state index contributed by atoms with van der Waals surface area (Å²) in [4.78, 5) is 2.40. The van der Waals surface area contributed by atoms with Gasteiger partial charge in [-0.2, -0.15) is 0 Å². The molecule has 0 radical (unpaired) electrons. The van der Waals surface area contributed by atoms with Crippen LogP contribution in [0.2, 0.25) is 0 Å². The van der Waals surface area contributed by atoms with Crippen molar-refractivity contribution in [3.63, 3.8) is 0 Å². The first kappa shape index (κ1) is 32.4. The Hall–Kier alpha value is -7.00. The van der Waals surface area contributed by atoms with E-state index in [1.807, 2.05) is 11.3 Å². The zero-order valence-corrected chi connectivity index (χ0v) is 31.4. The van der Waals surface area contributed by atoms with Gasteiger partial charge in [0.2, 0.25) is 0 Å². The van der Waals surface area contributed by atoms with Crippen molar-refractivity contribution < 1.29 is 0 Å². The van der Waals surface area contributed by atoms with Crippen molar-refractivity contribution in [3.05, 3.63) is 212 Å². The molecule has 0 fully saturated rings. The van der Waals surface area contributed by atoms with Crippen LogP contribution >= 0.6 is 11.3 Å². The molecule has 262 valence electrons. The van der Waals surface area contributed by atoms with Crippen molar-refractivity contribution in [2.24, 2.45) is 0 Å². The Balaban J connectivity index is 0.963. The minimum Gasteiger partial charge on any atom is -0.310 e. The molecule has 0 aliphatic rings. The van der Waals surface area contributed by atoms with Gasteiger partial charge in [0, 0.05) is 36.9 Å². The van der Waals surface area contributed by atoms with Crippen LogP contribution in [0.1, 0.15) is 0 Å². The average molecular weight is 730 g/mol. The molecule has 11 aromatic rings. The Morgan fingerprint density at radius 2 is 0.839 bits per heavy atom. The minimum absolute atomic E-state index is 1.12. The Bertz CT molecular complexity index is 3250. The second kappa shape index (κ2) is 13.4. The number of benzene rings is 10. The van der Waals surface area contributed by atoms with Crippen LogP contribution in [0.15, 0.2) is 212 Å². The highest BCUT2D eigenvalue weighted by atomic mass is 32.1. The molecule has 0 aliphatic heterocycles. The van der Waals surface area contributed by atoms with E-state index >= 15 is 0 Å². The van der Waals surface area contributed by atoms with Gasteiger partial charge in [0.1, 0.15) is 0 Å². The molecule has 0 spiro atoms. The summed E-state index contributed by atoms with van der Waals surface area (Å²) in [5, 5.41) is 10.1. The van der Waals surface area contributed by atoms with E-state index in [9.17, 15) is 0 Å². The summed E-state index contributed by atoms with van der Waals surface area (Å²) >= 11 is 1.87. The molecule has 0 amide bonds. The van der Waals surface area contributed by atoms with Crippen molar-refractivity contribution >= 4 is 80.9 Å². The van der Waals surface area contributed by atoms with Gasteiger partial charge in [0.15, 0.2) is 0 Å². The molecule has 56 heavy (non-hydrogen) atoms. The number of hydrogen-bond acceptors (Lipinski definition) is 2. The van der Waals surface area contributed by atoms with Crippen LogP contribution in [0.3, 0.4) is 0 Å². The third-order valence-electron chi connectivity index (χ3n) is 11.2. The first-order valence-electron chi connectivity index (χ1n) is 19.2. The molecule has 0 atom stereocenters. The Kier molecular flexibility index (Phi) is 7.75. The third-order valence-corrected chi connectivity index (χ3v) is 12.4. The second-order valence-electron chi connectivity index (χ2n) is 14.5. The molecule has 0 saturated heterocycles. The van der Waals surface area contributed by atoms with Gasteiger partial charge in [-0.05, 0) is 115 Å². The van der Waals surface area contributed by atoms with Crippen molar-refractivity contribution in [2.75, 3.05) is 4.90 Å². The van der Waals surface area contributed by atoms with Crippen LogP contribution in [-0.4, -0.2) is 0 Å². The number of fused-ring (bicyclic) bond motifs is 6. The fourth-order valence-electron chi connectivity index (χ4n) is 8.40. The highest BCUT2D eigenvalue weighted by Crippen LogP contribution is 2.44. The summed E-state index contributed by atoms with van der Waals surface area (Å²) in [6.45, 7) is 0. The number of nitrogens with zero attached hydrogens (tertiary/aromatic N) is 1. The maximum Gasteiger partial charge on any atom is 0.0540 e. The van der Waals surface area contributed by atoms with E-state index in [0.29, 0.717) is 0 Å². The molecule has 10 aromatic carbocycles. The molecular weight excluding hydrogens is 695 g/mol. The zero-order chi connectivity index (χ0) is 37.0. The Morgan fingerprint density at radius 1 is 0.286 bits per heavy atom. The monoisotopic (exact) mass is 729 g/mol.